The summed E-state index contributed by atoms with van der Waals surface area (Å²) in [5.41, 5.74) is 4.99. The Labute approximate surface area is 123 Å². The maximum atomic E-state index is 11.6. The van der Waals surface area contributed by atoms with Crippen LogP contribution in [0.1, 0.15) is 39.5 Å². The van der Waals surface area contributed by atoms with E-state index in [1.54, 1.807) is 0 Å². The first kappa shape index (κ1) is 17.4. The molecule has 1 heterocycles. The van der Waals surface area contributed by atoms with Crippen molar-refractivity contribution in [3.05, 3.63) is 0 Å². The Kier molecular flexibility index (Phi) is 6.92. The van der Waals surface area contributed by atoms with E-state index in [1.807, 2.05) is 6.92 Å². The molecule has 20 heavy (non-hydrogen) atoms. The van der Waals surface area contributed by atoms with Gasteiger partial charge in [-0.15, -0.1) is 0 Å². The second kappa shape index (κ2) is 7.96. The Morgan fingerprint density at radius 1 is 1.50 bits per heavy atom. The highest BCUT2D eigenvalue weighted by molar-refractivity contribution is 5.84. The number of likely N-dealkylation sites (tertiary alicyclic amines) is 1. The number of nitrogens with zero attached hydrogens (tertiary/aromatic N) is 2. The molecular formula is C15H32N4O. The average molecular weight is 284 g/mol. The van der Waals surface area contributed by atoms with Crippen LogP contribution in [0.5, 0.6) is 0 Å². The van der Waals surface area contributed by atoms with Crippen LogP contribution in [0.15, 0.2) is 0 Å². The molecule has 0 aromatic heterocycles. The van der Waals surface area contributed by atoms with E-state index in [0.29, 0.717) is 6.04 Å². The van der Waals surface area contributed by atoms with Crippen LogP contribution in [0.4, 0.5) is 0 Å². The number of likely N-dealkylation sites (N-methyl/N-ethyl adjacent to an activating group) is 1. The van der Waals surface area contributed by atoms with Gasteiger partial charge in [0, 0.05) is 12.6 Å². The summed E-state index contributed by atoms with van der Waals surface area (Å²) in [5.74, 6) is -0.237. The summed E-state index contributed by atoms with van der Waals surface area (Å²) in [4.78, 5) is 16.4. The molecule has 118 valence electrons. The third kappa shape index (κ3) is 5.04. The number of nitrogens with one attached hydrogen (secondary N) is 1. The Hall–Kier alpha value is -0.650. The summed E-state index contributed by atoms with van der Waals surface area (Å²) in [5, 5.41) is 3.30. The van der Waals surface area contributed by atoms with Crippen LogP contribution in [0.25, 0.3) is 0 Å². The van der Waals surface area contributed by atoms with Crippen molar-refractivity contribution in [2.75, 3.05) is 40.3 Å². The van der Waals surface area contributed by atoms with Gasteiger partial charge in [-0.25, -0.2) is 0 Å². The number of amides is 1. The summed E-state index contributed by atoms with van der Waals surface area (Å²) in [6.45, 7) is 8.23. The minimum absolute atomic E-state index is 0.237. The van der Waals surface area contributed by atoms with Gasteiger partial charge >= 0.3 is 0 Å². The fourth-order valence-corrected chi connectivity index (χ4v) is 2.79. The van der Waals surface area contributed by atoms with Gasteiger partial charge in [-0.1, -0.05) is 6.92 Å². The second-order valence-electron chi connectivity index (χ2n) is 6.43. The molecule has 0 bridgehead atoms. The Morgan fingerprint density at radius 2 is 2.20 bits per heavy atom. The molecule has 0 aliphatic carbocycles. The third-order valence-corrected chi connectivity index (χ3v) is 4.44. The number of hydrogen-bond acceptors (Lipinski definition) is 4. The van der Waals surface area contributed by atoms with Crippen LogP contribution in [0.3, 0.4) is 0 Å². The molecule has 2 unspecified atom stereocenters. The van der Waals surface area contributed by atoms with Crippen LogP contribution in [-0.4, -0.2) is 67.6 Å². The van der Waals surface area contributed by atoms with Crippen molar-refractivity contribution in [1.82, 2.24) is 15.1 Å². The zero-order valence-electron chi connectivity index (χ0n) is 13.6. The summed E-state index contributed by atoms with van der Waals surface area (Å²) >= 11 is 0. The molecule has 0 saturated carbocycles. The normalized spacial score (nSPS) is 23.1. The molecule has 5 nitrogen and oxygen atoms in total. The minimum Gasteiger partial charge on any atom is -0.368 e. The topological polar surface area (TPSA) is 61.6 Å². The molecule has 1 aliphatic rings. The monoisotopic (exact) mass is 284 g/mol. The Bertz CT molecular complexity index is 308. The number of primary amides is 1. The molecule has 3 N–H and O–H groups in total. The largest absolute Gasteiger partial charge is 0.368 e. The zero-order chi connectivity index (χ0) is 15.2. The first-order chi connectivity index (χ1) is 9.39. The first-order valence-electron chi connectivity index (χ1n) is 7.82. The quantitative estimate of drug-likeness (QED) is 0.652. The van der Waals surface area contributed by atoms with E-state index in [9.17, 15) is 4.79 Å². The van der Waals surface area contributed by atoms with Crippen LogP contribution in [0.2, 0.25) is 0 Å². The van der Waals surface area contributed by atoms with Crippen molar-refractivity contribution < 1.29 is 4.79 Å². The summed E-state index contributed by atoms with van der Waals surface area (Å²) in [7, 11) is 4.29. The lowest BCUT2D eigenvalue weighted by molar-refractivity contribution is -0.124. The predicted octanol–water partition coefficient (Wildman–Crippen LogP) is 0.646. The number of hydrogen-bond donors (Lipinski definition) is 2. The van der Waals surface area contributed by atoms with E-state index >= 15 is 0 Å². The van der Waals surface area contributed by atoms with Gasteiger partial charge in [-0.05, 0) is 66.3 Å². The summed E-state index contributed by atoms with van der Waals surface area (Å²) in [6.07, 6.45) is 4.08. The first-order valence-corrected chi connectivity index (χ1v) is 7.82. The van der Waals surface area contributed by atoms with E-state index in [-0.39, 0.29) is 5.91 Å². The lowest BCUT2D eigenvalue weighted by Crippen LogP contribution is -2.53. The lowest BCUT2D eigenvalue weighted by atomic mass is 9.94. The van der Waals surface area contributed by atoms with E-state index in [0.717, 1.165) is 38.9 Å². The van der Waals surface area contributed by atoms with E-state index < -0.39 is 5.54 Å². The van der Waals surface area contributed by atoms with Gasteiger partial charge in [-0.2, -0.15) is 0 Å². The van der Waals surface area contributed by atoms with Gasteiger partial charge in [0.05, 0.1) is 5.54 Å². The number of nitrogens with two attached hydrogens (primary N) is 1. The lowest BCUT2D eigenvalue weighted by Gasteiger charge is -2.28. The number of carbonyl (C=O) groups excluding carboxylic acids is 1. The van der Waals surface area contributed by atoms with E-state index in [1.165, 1.54) is 13.0 Å². The average Bonchev–Trinajstić information content (AvgIpc) is 2.85. The van der Waals surface area contributed by atoms with E-state index in [2.05, 4.69) is 36.1 Å². The van der Waals surface area contributed by atoms with Crippen molar-refractivity contribution in [1.29, 1.82) is 0 Å². The summed E-state index contributed by atoms with van der Waals surface area (Å²) in [6, 6.07) is 0.677. The van der Waals surface area contributed by atoms with Gasteiger partial charge < -0.3 is 20.9 Å². The maximum Gasteiger partial charge on any atom is 0.237 e. The molecule has 1 fully saturated rings. The highest BCUT2D eigenvalue weighted by atomic mass is 16.1. The van der Waals surface area contributed by atoms with E-state index in [4.69, 9.17) is 5.73 Å². The molecule has 2 atom stereocenters. The van der Waals surface area contributed by atoms with Crippen molar-refractivity contribution in [2.24, 2.45) is 5.73 Å². The Morgan fingerprint density at radius 3 is 2.70 bits per heavy atom. The second-order valence-corrected chi connectivity index (χ2v) is 6.43. The highest BCUT2D eigenvalue weighted by Gasteiger charge is 2.30. The molecule has 0 radical (unpaired) electrons. The Balaban J connectivity index is 2.33. The number of rotatable bonds is 9. The van der Waals surface area contributed by atoms with Crippen LogP contribution in [0, 0.1) is 0 Å². The smallest absolute Gasteiger partial charge is 0.237 e. The molecular weight excluding hydrogens is 252 g/mol. The van der Waals surface area contributed by atoms with Crippen LogP contribution in [-0.2, 0) is 4.79 Å². The molecule has 0 aromatic carbocycles. The van der Waals surface area contributed by atoms with Gasteiger partial charge in [0.25, 0.3) is 0 Å². The van der Waals surface area contributed by atoms with Gasteiger partial charge in [0.1, 0.15) is 0 Å². The fraction of sp³-hybridized carbons (Fsp3) is 0.933. The predicted molar refractivity (Wildman–Crippen MR) is 83.7 cm³/mol. The SMILES string of the molecule is CCCNC(C)(CCCN1CCC(N(C)C)C1)C(N)=O. The van der Waals surface area contributed by atoms with Crippen molar-refractivity contribution in [3.63, 3.8) is 0 Å². The molecule has 1 aliphatic heterocycles. The van der Waals surface area contributed by atoms with Gasteiger partial charge in [0.15, 0.2) is 0 Å². The van der Waals surface area contributed by atoms with Gasteiger partial charge in [-0.3, -0.25) is 4.79 Å². The molecule has 1 amide bonds. The maximum absolute atomic E-state index is 11.6. The van der Waals surface area contributed by atoms with Gasteiger partial charge in [0.2, 0.25) is 5.91 Å². The molecule has 1 saturated heterocycles. The number of carbonyl (C=O) groups is 1. The zero-order valence-corrected chi connectivity index (χ0v) is 13.6. The van der Waals surface area contributed by atoms with Crippen molar-refractivity contribution in [3.8, 4) is 0 Å². The molecule has 0 aromatic rings. The van der Waals surface area contributed by atoms with Crippen molar-refractivity contribution in [2.45, 2.75) is 51.1 Å². The standard InChI is InChI=1S/C15H32N4O/c1-5-9-17-15(2,14(16)20)8-6-10-19-11-7-13(12-19)18(3)4/h13,17H,5-12H2,1-4H3,(H2,16,20). The molecule has 0 spiro atoms. The van der Waals surface area contributed by atoms with Crippen LogP contribution >= 0.6 is 0 Å². The van der Waals surface area contributed by atoms with Crippen molar-refractivity contribution >= 4 is 5.91 Å². The highest BCUT2D eigenvalue weighted by Crippen LogP contribution is 2.17. The third-order valence-electron chi connectivity index (χ3n) is 4.44. The van der Waals surface area contributed by atoms with Crippen LogP contribution < -0.4 is 11.1 Å². The molecule has 5 heteroatoms. The summed E-state index contributed by atoms with van der Waals surface area (Å²) < 4.78 is 0. The molecule has 1 rings (SSSR count). The fourth-order valence-electron chi connectivity index (χ4n) is 2.79. The minimum atomic E-state index is -0.559.